The van der Waals surface area contributed by atoms with Crippen molar-refractivity contribution < 1.29 is 5.11 Å². The molecule has 1 saturated heterocycles. The van der Waals surface area contributed by atoms with Gasteiger partial charge in [-0.25, -0.2) is 0 Å². The van der Waals surface area contributed by atoms with Crippen molar-refractivity contribution in [2.24, 2.45) is 11.8 Å². The second-order valence-electron chi connectivity index (χ2n) is 6.95. The van der Waals surface area contributed by atoms with Crippen LogP contribution in [0.4, 0.5) is 0 Å². The lowest BCUT2D eigenvalue weighted by atomic mass is 9.79. The molecule has 0 amide bonds. The van der Waals surface area contributed by atoms with E-state index in [1.54, 1.807) is 0 Å². The summed E-state index contributed by atoms with van der Waals surface area (Å²) in [6.07, 6.45) is 13.3. The van der Waals surface area contributed by atoms with E-state index in [0.717, 1.165) is 12.5 Å². The van der Waals surface area contributed by atoms with Crippen LogP contribution < -0.4 is 10.6 Å². The number of hydrogen-bond acceptors (Lipinski definition) is 3. The molecule has 1 aliphatic heterocycles. The zero-order chi connectivity index (χ0) is 13.1. The average Bonchev–Trinajstić information content (AvgIpc) is 2.49. The van der Waals surface area contributed by atoms with Crippen molar-refractivity contribution in [1.29, 1.82) is 0 Å². The fourth-order valence-electron chi connectivity index (χ4n) is 4.50. The van der Waals surface area contributed by atoms with Gasteiger partial charge in [-0.3, -0.25) is 5.32 Å². The number of aliphatic hydroxyl groups excluding tert-OH is 1. The van der Waals surface area contributed by atoms with E-state index in [1.165, 1.54) is 64.2 Å². The molecule has 3 rings (SSSR count). The Hall–Kier alpha value is -0.120. The molecule has 0 aromatic carbocycles. The van der Waals surface area contributed by atoms with Crippen LogP contribution in [0.15, 0.2) is 0 Å². The van der Waals surface area contributed by atoms with E-state index >= 15 is 0 Å². The fourth-order valence-corrected chi connectivity index (χ4v) is 4.50. The molecule has 0 aromatic rings. The highest BCUT2D eigenvalue weighted by Crippen LogP contribution is 2.32. The predicted molar refractivity (Wildman–Crippen MR) is 77.9 cm³/mol. The molecule has 0 bridgehead atoms. The summed E-state index contributed by atoms with van der Waals surface area (Å²) in [4.78, 5) is 0. The quantitative estimate of drug-likeness (QED) is 0.719. The van der Waals surface area contributed by atoms with Gasteiger partial charge < -0.3 is 10.4 Å². The molecule has 3 N–H and O–H groups in total. The van der Waals surface area contributed by atoms with E-state index in [-0.39, 0.29) is 6.23 Å². The van der Waals surface area contributed by atoms with Gasteiger partial charge in [0.2, 0.25) is 0 Å². The monoisotopic (exact) mass is 266 g/mol. The van der Waals surface area contributed by atoms with Crippen molar-refractivity contribution in [1.82, 2.24) is 10.6 Å². The Kier molecular flexibility index (Phi) is 4.78. The van der Waals surface area contributed by atoms with Crippen LogP contribution in [0.5, 0.6) is 0 Å². The van der Waals surface area contributed by atoms with Crippen LogP contribution in [-0.4, -0.2) is 30.0 Å². The first kappa shape index (κ1) is 13.8. The third kappa shape index (κ3) is 3.32. The number of rotatable bonds is 2. The first-order valence-electron chi connectivity index (χ1n) is 8.52. The van der Waals surface area contributed by atoms with Gasteiger partial charge in [0.15, 0.2) is 0 Å². The van der Waals surface area contributed by atoms with E-state index in [9.17, 15) is 5.11 Å². The summed E-state index contributed by atoms with van der Waals surface area (Å²) in [5, 5.41) is 17.5. The molecule has 2 saturated carbocycles. The summed E-state index contributed by atoms with van der Waals surface area (Å²) in [6.45, 7) is 0.953. The van der Waals surface area contributed by atoms with E-state index < -0.39 is 0 Å². The van der Waals surface area contributed by atoms with Gasteiger partial charge in [-0.2, -0.15) is 0 Å². The minimum atomic E-state index is -0.331. The summed E-state index contributed by atoms with van der Waals surface area (Å²) < 4.78 is 0. The molecule has 3 unspecified atom stereocenters. The Labute approximate surface area is 117 Å². The Morgan fingerprint density at radius 3 is 1.95 bits per heavy atom. The summed E-state index contributed by atoms with van der Waals surface area (Å²) in [5.74, 6) is 1.52. The highest BCUT2D eigenvalue weighted by atomic mass is 16.3. The van der Waals surface area contributed by atoms with Crippen LogP contribution in [0.1, 0.15) is 64.2 Å². The van der Waals surface area contributed by atoms with E-state index in [4.69, 9.17) is 0 Å². The zero-order valence-corrected chi connectivity index (χ0v) is 12.1. The second-order valence-corrected chi connectivity index (χ2v) is 6.95. The lowest BCUT2D eigenvalue weighted by molar-refractivity contribution is 0.0138. The van der Waals surface area contributed by atoms with Crippen molar-refractivity contribution in [2.45, 2.75) is 82.5 Å². The van der Waals surface area contributed by atoms with Gasteiger partial charge in [-0.1, -0.05) is 38.5 Å². The zero-order valence-electron chi connectivity index (χ0n) is 12.1. The molecular weight excluding hydrogens is 236 g/mol. The van der Waals surface area contributed by atoms with Crippen LogP contribution >= 0.6 is 0 Å². The summed E-state index contributed by atoms with van der Waals surface area (Å²) in [7, 11) is 0. The molecule has 2 aliphatic carbocycles. The molecule has 110 valence electrons. The molecule has 0 spiro atoms. The Balaban J connectivity index is 1.59. The van der Waals surface area contributed by atoms with Gasteiger partial charge in [0, 0.05) is 18.6 Å². The van der Waals surface area contributed by atoms with Gasteiger partial charge in [-0.05, 0) is 37.5 Å². The molecule has 0 radical (unpaired) electrons. The van der Waals surface area contributed by atoms with Crippen molar-refractivity contribution >= 4 is 0 Å². The highest BCUT2D eigenvalue weighted by molar-refractivity contribution is 4.94. The Bertz CT molecular complexity index is 272. The minimum Gasteiger partial charge on any atom is -0.377 e. The molecule has 3 atom stereocenters. The fraction of sp³-hybridized carbons (Fsp3) is 1.00. The maximum absolute atomic E-state index is 10.3. The number of hydrogen-bond donors (Lipinski definition) is 3. The third-order valence-electron chi connectivity index (χ3n) is 5.67. The molecule has 3 nitrogen and oxygen atoms in total. The van der Waals surface area contributed by atoms with E-state index in [2.05, 4.69) is 10.6 Å². The van der Waals surface area contributed by atoms with Crippen LogP contribution in [0.25, 0.3) is 0 Å². The molecule has 1 heterocycles. The van der Waals surface area contributed by atoms with Crippen molar-refractivity contribution in [3.8, 4) is 0 Å². The smallest absolute Gasteiger partial charge is 0.120 e. The average molecular weight is 266 g/mol. The first-order chi connectivity index (χ1) is 9.34. The van der Waals surface area contributed by atoms with E-state index in [1.807, 2.05) is 0 Å². The maximum atomic E-state index is 10.3. The van der Waals surface area contributed by atoms with Crippen LogP contribution in [0.3, 0.4) is 0 Å². The topological polar surface area (TPSA) is 44.3 Å². The lowest BCUT2D eigenvalue weighted by Crippen LogP contribution is -2.65. The second kappa shape index (κ2) is 6.55. The van der Waals surface area contributed by atoms with Crippen LogP contribution in [0.2, 0.25) is 0 Å². The Morgan fingerprint density at radius 1 is 0.737 bits per heavy atom. The normalized spacial score (nSPS) is 39.3. The molecule has 0 aromatic heterocycles. The standard InChI is InChI=1S/C16H30N2O/c19-16-15(13-9-5-2-6-10-13)18-14(11-17-16)12-7-3-1-4-8-12/h12-19H,1-11H2. The van der Waals surface area contributed by atoms with Gasteiger partial charge in [0.1, 0.15) is 6.23 Å². The first-order valence-corrected chi connectivity index (χ1v) is 8.52. The van der Waals surface area contributed by atoms with Gasteiger partial charge in [0.25, 0.3) is 0 Å². The summed E-state index contributed by atoms with van der Waals surface area (Å²) in [6, 6.07) is 0.886. The van der Waals surface area contributed by atoms with Crippen molar-refractivity contribution in [3.05, 3.63) is 0 Å². The molecule has 19 heavy (non-hydrogen) atoms. The summed E-state index contributed by atoms with van der Waals surface area (Å²) in [5.41, 5.74) is 0. The number of nitrogens with one attached hydrogen (secondary N) is 2. The van der Waals surface area contributed by atoms with Crippen LogP contribution in [0, 0.1) is 11.8 Å². The largest absolute Gasteiger partial charge is 0.377 e. The lowest BCUT2D eigenvalue weighted by Gasteiger charge is -2.44. The highest BCUT2D eigenvalue weighted by Gasteiger charge is 2.37. The summed E-state index contributed by atoms with van der Waals surface area (Å²) >= 11 is 0. The van der Waals surface area contributed by atoms with Crippen LogP contribution in [-0.2, 0) is 0 Å². The van der Waals surface area contributed by atoms with Gasteiger partial charge in [0.05, 0.1) is 0 Å². The number of piperazine rings is 1. The minimum absolute atomic E-state index is 0.293. The molecule has 3 heteroatoms. The molecular formula is C16H30N2O. The van der Waals surface area contributed by atoms with Gasteiger partial charge >= 0.3 is 0 Å². The number of aliphatic hydroxyl groups is 1. The van der Waals surface area contributed by atoms with E-state index in [0.29, 0.717) is 18.0 Å². The van der Waals surface area contributed by atoms with Crippen molar-refractivity contribution in [2.75, 3.05) is 6.54 Å². The van der Waals surface area contributed by atoms with Gasteiger partial charge in [-0.15, -0.1) is 0 Å². The Morgan fingerprint density at radius 2 is 1.32 bits per heavy atom. The third-order valence-corrected chi connectivity index (χ3v) is 5.67. The van der Waals surface area contributed by atoms with Crippen molar-refractivity contribution in [3.63, 3.8) is 0 Å². The molecule has 3 fully saturated rings. The predicted octanol–water partition coefficient (Wildman–Crippen LogP) is 2.40. The SMILES string of the molecule is OC1NCC(C2CCCCC2)NC1C1CCCCC1. The maximum Gasteiger partial charge on any atom is 0.120 e. The molecule has 3 aliphatic rings.